The zero-order chi connectivity index (χ0) is 15.6. The number of halogens is 1. The molecule has 10 heteroatoms. The Hall–Kier alpha value is -2.52. The van der Waals surface area contributed by atoms with Crippen LogP contribution in [0.4, 0.5) is 5.82 Å². The fraction of sp³-hybridized carbons (Fsp3) is 0. The molecule has 1 aromatic carbocycles. The lowest BCUT2D eigenvalue weighted by molar-refractivity contribution is 0.601. The minimum atomic E-state index is -3.78. The van der Waals surface area contributed by atoms with E-state index in [1.54, 1.807) is 18.2 Å². The maximum Gasteiger partial charge on any atom is 0.263 e. The van der Waals surface area contributed by atoms with Crippen LogP contribution >= 0.6 is 11.6 Å². The van der Waals surface area contributed by atoms with Gasteiger partial charge < -0.3 is 0 Å². The average molecular weight is 337 g/mol. The predicted octanol–water partition coefficient (Wildman–Crippen LogP) is 1.51. The van der Waals surface area contributed by atoms with Crippen LogP contribution in [0, 0.1) is 0 Å². The highest BCUT2D eigenvalue weighted by molar-refractivity contribution is 7.92. The molecule has 0 aliphatic rings. The normalized spacial score (nSPS) is 11.3. The van der Waals surface area contributed by atoms with Gasteiger partial charge in [-0.3, -0.25) is 4.72 Å². The van der Waals surface area contributed by atoms with Crippen molar-refractivity contribution in [1.82, 2.24) is 25.2 Å². The summed E-state index contributed by atoms with van der Waals surface area (Å²) in [5.41, 5.74) is 0.525. The lowest BCUT2D eigenvalue weighted by atomic mass is 10.3. The maximum absolute atomic E-state index is 12.4. The summed E-state index contributed by atoms with van der Waals surface area (Å²) in [4.78, 5) is 3.97. The lowest BCUT2D eigenvalue weighted by Crippen LogP contribution is -2.14. The number of sulfonamides is 1. The number of tetrazole rings is 1. The third kappa shape index (κ3) is 3.05. The van der Waals surface area contributed by atoms with Crippen LogP contribution in [-0.2, 0) is 10.0 Å². The number of hydrogen-bond acceptors (Lipinski definition) is 6. The second-order valence-corrected chi connectivity index (χ2v) is 6.34. The first-order valence-electron chi connectivity index (χ1n) is 6.02. The second-order valence-electron chi connectivity index (χ2n) is 4.22. The van der Waals surface area contributed by atoms with E-state index >= 15 is 0 Å². The molecule has 0 aliphatic carbocycles. The Bertz CT molecular complexity index is 880. The van der Waals surface area contributed by atoms with E-state index in [2.05, 4.69) is 25.2 Å². The Morgan fingerprint density at radius 3 is 2.73 bits per heavy atom. The van der Waals surface area contributed by atoms with Crippen molar-refractivity contribution in [1.29, 1.82) is 0 Å². The summed E-state index contributed by atoms with van der Waals surface area (Å²) >= 11 is 5.72. The molecule has 0 spiro atoms. The van der Waals surface area contributed by atoms with Gasteiger partial charge in [-0.25, -0.2) is 18.1 Å². The average Bonchev–Trinajstić information content (AvgIpc) is 3.04. The Morgan fingerprint density at radius 2 is 2.05 bits per heavy atom. The SMILES string of the molecule is O=S(=O)(Nc1ccc(Cl)cn1)c1cccc(-n2cnnn2)c1. The third-order valence-electron chi connectivity index (χ3n) is 2.71. The van der Waals surface area contributed by atoms with Crippen LogP contribution in [-0.4, -0.2) is 33.6 Å². The van der Waals surface area contributed by atoms with Gasteiger partial charge >= 0.3 is 0 Å². The molecule has 2 heterocycles. The first-order chi connectivity index (χ1) is 10.5. The molecule has 1 N–H and O–H groups in total. The minimum Gasteiger partial charge on any atom is -0.263 e. The number of hydrogen-bond donors (Lipinski definition) is 1. The Morgan fingerprint density at radius 1 is 1.18 bits per heavy atom. The molecule has 0 saturated carbocycles. The number of rotatable bonds is 4. The van der Waals surface area contributed by atoms with Gasteiger partial charge in [0.05, 0.1) is 15.6 Å². The van der Waals surface area contributed by atoms with Gasteiger partial charge in [0, 0.05) is 6.20 Å². The van der Waals surface area contributed by atoms with Crippen LogP contribution in [0.1, 0.15) is 0 Å². The lowest BCUT2D eigenvalue weighted by Gasteiger charge is -2.08. The number of nitrogens with one attached hydrogen (secondary N) is 1. The molecule has 0 atom stereocenters. The van der Waals surface area contributed by atoms with Gasteiger partial charge in [0.2, 0.25) is 0 Å². The van der Waals surface area contributed by atoms with Crippen LogP contribution in [0.25, 0.3) is 5.69 Å². The van der Waals surface area contributed by atoms with Crippen LogP contribution < -0.4 is 4.72 Å². The van der Waals surface area contributed by atoms with Crippen molar-refractivity contribution >= 4 is 27.4 Å². The second kappa shape index (κ2) is 5.70. The van der Waals surface area contributed by atoms with Gasteiger partial charge in [0.1, 0.15) is 12.1 Å². The Labute approximate surface area is 130 Å². The van der Waals surface area contributed by atoms with Crippen LogP contribution in [0.2, 0.25) is 5.02 Å². The molecule has 22 heavy (non-hydrogen) atoms. The smallest absolute Gasteiger partial charge is 0.263 e. The fourth-order valence-corrected chi connectivity index (χ4v) is 2.86. The maximum atomic E-state index is 12.4. The molecule has 2 aromatic heterocycles. The molecule has 0 fully saturated rings. The first-order valence-corrected chi connectivity index (χ1v) is 7.88. The van der Waals surface area contributed by atoms with Crippen LogP contribution in [0.3, 0.4) is 0 Å². The van der Waals surface area contributed by atoms with Gasteiger partial charge in [0.15, 0.2) is 0 Å². The van der Waals surface area contributed by atoms with Gasteiger partial charge in [-0.1, -0.05) is 17.7 Å². The molecule has 0 unspecified atom stereocenters. The molecule has 0 saturated heterocycles. The molecule has 3 aromatic rings. The number of benzene rings is 1. The number of nitrogens with zero attached hydrogens (tertiary/aromatic N) is 5. The molecule has 0 aliphatic heterocycles. The van der Waals surface area contributed by atoms with Crippen molar-refractivity contribution < 1.29 is 8.42 Å². The summed E-state index contributed by atoms with van der Waals surface area (Å²) in [6.45, 7) is 0. The largest absolute Gasteiger partial charge is 0.263 e. The van der Waals surface area contributed by atoms with E-state index in [4.69, 9.17) is 11.6 Å². The molecule has 0 amide bonds. The summed E-state index contributed by atoms with van der Waals surface area (Å²) in [5.74, 6) is 0.178. The predicted molar refractivity (Wildman–Crippen MR) is 79.2 cm³/mol. The standard InChI is InChI=1S/C12H9ClN6O2S/c13-9-4-5-12(14-7-9)16-22(20,21)11-3-1-2-10(6-11)19-8-15-17-18-19/h1-8H,(H,14,16). The van der Waals surface area contributed by atoms with Crippen molar-refractivity contribution in [2.24, 2.45) is 0 Å². The molecule has 8 nitrogen and oxygen atoms in total. The zero-order valence-corrected chi connectivity index (χ0v) is 12.5. The molecule has 112 valence electrons. The monoisotopic (exact) mass is 336 g/mol. The van der Waals surface area contributed by atoms with Gasteiger partial charge in [0.25, 0.3) is 10.0 Å². The summed E-state index contributed by atoms with van der Waals surface area (Å²) < 4.78 is 28.5. The van der Waals surface area contributed by atoms with Crippen molar-refractivity contribution in [3.05, 3.63) is 53.9 Å². The van der Waals surface area contributed by atoms with E-state index in [1.165, 1.54) is 35.4 Å². The van der Waals surface area contributed by atoms with Gasteiger partial charge in [-0.15, -0.1) is 5.10 Å². The summed E-state index contributed by atoms with van der Waals surface area (Å²) in [6, 6.07) is 9.23. The van der Waals surface area contributed by atoms with E-state index in [0.29, 0.717) is 10.7 Å². The Kier molecular flexibility index (Phi) is 3.73. The first kappa shape index (κ1) is 14.4. The highest BCUT2D eigenvalue weighted by Crippen LogP contribution is 2.18. The minimum absolute atomic E-state index is 0.0669. The fourth-order valence-electron chi connectivity index (χ4n) is 1.71. The Balaban J connectivity index is 1.92. The highest BCUT2D eigenvalue weighted by atomic mass is 35.5. The van der Waals surface area contributed by atoms with E-state index in [9.17, 15) is 8.42 Å². The molecular formula is C12H9ClN6O2S. The highest BCUT2D eigenvalue weighted by Gasteiger charge is 2.16. The summed E-state index contributed by atoms with van der Waals surface area (Å²) in [7, 11) is -3.78. The number of pyridine rings is 1. The quantitative estimate of drug-likeness (QED) is 0.774. The zero-order valence-electron chi connectivity index (χ0n) is 11.0. The number of anilines is 1. The van der Waals surface area contributed by atoms with Crippen molar-refractivity contribution in [2.45, 2.75) is 4.90 Å². The van der Waals surface area contributed by atoms with Crippen LogP contribution in [0.5, 0.6) is 0 Å². The van der Waals surface area contributed by atoms with E-state index in [0.717, 1.165) is 0 Å². The number of aromatic nitrogens is 5. The summed E-state index contributed by atoms with van der Waals surface area (Å²) in [6.07, 6.45) is 2.73. The topological polar surface area (TPSA) is 103 Å². The van der Waals surface area contributed by atoms with Gasteiger partial charge in [-0.05, 0) is 40.8 Å². The van der Waals surface area contributed by atoms with E-state index in [1.807, 2.05) is 0 Å². The summed E-state index contributed by atoms with van der Waals surface area (Å²) in [5, 5.41) is 11.2. The van der Waals surface area contributed by atoms with E-state index in [-0.39, 0.29) is 10.7 Å². The third-order valence-corrected chi connectivity index (χ3v) is 4.28. The molecule has 3 rings (SSSR count). The van der Waals surface area contributed by atoms with Crippen molar-refractivity contribution in [3.63, 3.8) is 0 Å². The molecule has 0 radical (unpaired) electrons. The van der Waals surface area contributed by atoms with Gasteiger partial charge in [-0.2, -0.15) is 0 Å². The van der Waals surface area contributed by atoms with E-state index < -0.39 is 10.0 Å². The molecule has 0 bridgehead atoms. The van der Waals surface area contributed by atoms with Crippen molar-refractivity contribution in [2.75, 3.05) is 4.72 Å². The molecular weight excluding hydrogens is 328 g/mol. The van der Waals surface area contributed by atoms with Crippen molar-refractivity contribution in [3.8, 4) is 5.69 Å². The van der Waals surface area contributed by atoms with Crippen LogP contribution in [0.15, 0.2) is 53.8 Å².